The van der Waals surface area contributed by atoms with Crippen LogP contribution >= 0.6 is 0 Å². The summed E-state index contributed by atoms with van der Waals surface area (Å²) in [6.45, 7) is 2.85. The molecule has 1 aliphatic carbocycles. The van der Waals surface area contributed by atoms with Crippen molar-refractivity contribution in [3.63, 3.8) is 0 Å². The third-order valence-corrected chi connectivity index (χ3v) is 3.22. The SMILES string of the molecule is Cc1ccc(Cn2nnc(N)c2C2CC2)cc1. The molecule has 1 fully saturated rings. The first-order valence-electron chi connectivity index (χ1n) is 5.98. The molecule has 0 aliphatic heterocycles. The molecule has 0 atom stereocenters. The van der Waals surface area contributed by atoms with E-state index in [-0.39, 0.29) is 0 Å². The summed E-state index contributed by atoms with van der Waals surface area (Å²) in [5, 5.41) is 8.12. The van der Waals surface area contributed by atoms with Crippen LogP contribution in [0.3, 0.4) is 0 Å². The van der Waals surface area contributed by atoms with E-state index >= 15 is 0 Å². The molecule has 2 N–H and O–H groups in total. The summed E-state index contributed by atoms with van der Waals surface area (Å²) in [4.78, 5) is 0. The van der Waals surface area contributed by atoms with E-state index in [0.29, 0.717) is 11.7 Å². The maximum atomic E-state index is 5.87. The van der Waals surface area contributed by atoms with Crippen LogP contribution in [0, 0.1) is 6.92 Å². The molecule has 0 unspecified atom stereocenters. The van der Waals surface area contributed by atoms with Crippen molar-refractivity contribution < 1.29 is 0 Å². The Balaban J connectivity index is 1.87. The third kappa shape index (κ3) is 2.02. The average molecular weight is 228 g/mol. The first kappa shape index (κ1) is 10.3. The number of aryl methyl sites for hydroxylation is 1. The number of hydrogen-bond donors (Lipinski definition) is 1. The molecule has 1 heterocycles. The number of nitrogens with two attached hydrogens (primary N) is 1. The van der Waals surface area contributed by atoms with Gasteiger partial charge in [0.1, 0.15) is 0 Å². The van der Waals surface area contributed by atoms with Crippen LogP contribution in [-0.2, 0) is 6.54 Å². The van der Waals surface area contributed by atoms with E-state index < -0.39 is 0 Å². The van der Waals surface area contributed by atoms with Crippen LogP contribution in [0.15, 0.2) is 24.3 Å². The van der Waals surface area contributed by atoms with E-state index in [1.54, 1.807) is 0 Å². The third-order valence-electron chi connectivity index (χ3n) is 3.22. The predicted octanol–water partition coefficient (Wildman–Crippen LogP) is 2.09. The normalized spacial score (nSPS) is 15.1. The van der Waals surface area contributed by atoms with Gasteiger partial charge in [0.2, 0.25) is 0 Å². The fraction of sp³-hybridized carbons (Fsp3) is 0.385. The summed E-state index contributed by atoms with van der Waals surface area (Å²) < 4.78 is 1.94. The van der Waals surface area contributed by atoms with Gasteiger partial charge in [-0.05, 0) is 25.3 Å². The van der Waals surface area contributed by atoms with Gasteiger partial charge >= 0.3 is 0 Å². The Bertz CT molecular complexity index is 523. The fourth-order valence-corrected chi connectivity index (χ4v) is 2.09. The summed E-state index contributed by atoms with van der Waals surface area (Å²) in [7, 11) is 0. The lowest BCUT2D eigenvalue weighted by molar-refractivity contribution is 0.619. The molecular weight excluding hydrogens is 212 g/mol. The van der Waals surface area contributed by atoms with Crippen molar-refractivity contribution in [1.82, 2.24) is 15.0 Å². The number of aromatic nitrogens is 3. The van der Waals surface area contributed by atoms with Crippen molar-refractivity contribution in [1.29, 1.82) is 0 Å². The molecule has 1 aromatic carbocycles. The highest BCUT2D eigenvalue weighted by molar-refractivity contribution is 5.38. The summed E-state index contributed by atoms with van der Waals surface area (Å²) in [5.41, 5.74) is 9.49. The number of rotatable bonds is 3. The van der Waals surface area contributed by atoms with Gasteiger partial charge in [0.05, 0.1) is 12.2 Å². The minimum absolute atomic E-state index is 0.579. The summed E-state index contributed by atoms with van der Waals surface area (Å²) in [6.07, 6.45) is 2.43. The molecule has 88 valence electrons. The minimum atomic E-state index is 0.579. The second-order valence-corrected chi connectivity index (χ2v) is 4.78. The van der Waals surface area contributed by atoms with E-state index in [4.69, 9.17) is 5.73 Å². The molecule has 0 radical (unpaired) electrons. The monoisotopic (exact) mass is 228 g/mol. The topological polar surface area (TPSA) is 56.7 Å². The number of benzene rings is 1. The molecule has 0 bridgehead atoms. The van der Waals surface area contributed by atoms with Crippen LogP contribution < -0.4 is 5.73 Å². The minimum Gasteiger partial charge on any atom is -0.381 e. The highest BCUT2D eigenvalue weighted by Gasteiger charge is 2.30. The zero-order chi connectivity index (χ0) is 11.8. The van der Waals surface area contributed by atoms with Gasteiger partial charge in [-0.3, -0.25) is 0 Å². The Morgan fingerprint density at radius 2 is 2.00 bits per heavy atom. The van der Waals surface area contributed by atoms with E-state index in [1.165, 1.54) is 24.0 Å². The predicted molar refractivity (Wildman–Crippen MR) is 66.7 cm³/mol. The van der Waals surface area contributed by atoms with Crippen LogP contribution in [0.4, 0.5) is 5.82 Å². The van der Waals surface area contributed by atoms with Crippen molar-refractivity contribution in [3.8, 4) is 0 Å². The van der Waals surface area contributed by atoms with Gasteiger partial charge in [-0.1, -0.05) is 35.0 Å². The zero-order valence-electron chi connectivity index (χ0n) is 9.93. The van der Waals surface area contributed by atoms with E-state index in [1.807, 2.05) is 4.68 Å². The average Bonchev–Trinajstić information content (AvgIpc) is 3.08. The number of hydrogen-bond acceptors (Lipinski definition) is 3. The van der Waals surface area contributed by atoms with Gasteiger partial charge in [-0.25, -0.2) is 4.68 Å². The van der Waals surface area contributed by atoms with Crippen molar-refractivity contribution in [3.05, 3.63) is 41.1 Å². The fourth-order valence-electron chi connectivity index (χ4n) is 2.09. The molecule has 4 heteroatoms. The van der Waals surface area contributed by atoms with Crippen molar-refractivity contribution in [2.24, 2.45) is 0 Å². The Kier molecular flexibility index (Phi) is 2.35. The quantitative estimate of drug-likeness (QED) is 0.875. The largest absolute Gasteiger partial charge is 0.381 e. The smallest absolute Gasteiger partial charge is 0.169 e. The standard InChI is InChI=1S/C13H16N4/c1-9-2-4-10(5-3-9)8-17-12(11-6-7-11)13(14)15-16-17/h2-5,11H,6-8,14H2,1H3. The number of anilines is 1. The van der Waals surface area contributed by atoms with Crippen molar-refractivity contribution >= 4 is 5.82 Å². The lowest BCUT2D eigenvalue weighted by atomic mass is 10.1. The highest BCUT2D eigenvalue weighted by Crippen LogP contribution is 2.42. The second kappa shape index (κ2) is 3.87. The molecule has 1 saturated carbocycles. The van der Waals surface area contributed by atoms with E-state index in [9.17, 15) is 0 Å². The molecule has 0 saturated heterocycles. The lowest BCUT2D eigenvalue weighted by Crippen LogP contribution is -2.06. The lowest BCUT2D eigenvalue weighted by Gasteiger charge is -2.06. The molecule has 17 heavy (non-hydrogen) atoms. The molecule has 3 rings (SSSR count). The molecular formula is C13H16N4. The maximum Gasteiger partial charge on any atom is 0.169 e. The number of nitrogens with zero attached hydrogens (tertiary/aromatic N) is 3. The van der Waals surface area contributed by atoms with E-state index in [0.717, 1.165) is 12.2 Å². The molecule has 4 nitrogen and oxygen atoms in total. The van der Waals surface area contributed by atoms with Gasteiger partial charge in [-0.15, -0.1) is 5.10 Å². The van der Waals surface area contributed by atoms with Gasteiger partial charge in [0.25, 0.3) is 0 Å². The number of nitrogen functional groups attached to an aromatic ring is 1. The Hall–Kier alpha value is -1.84. The first-order valence-corrected chi connectivity index (χ1v) is 5.98. The molecule has 0 spiro atoms. The molecule has 1 aromatic heterocycles. The van der Waals surface area contributed by atoms with Crippen LogP contribution in [0.2, 0.25) is 0 Å². The Labute approximate surface area is 100 Å². The highest BCUT2D eigenvalue weighted by atomic mass is 15.4. The molecule has 1 aliphatic rings. The van der Waals surface area contributed by atoms with Gasteiger partial charge in [0.15, 0.2) is 5.82 Å². The van der Waals surface area contributed by atoms with Gasteiger partial charge < -0.3 is 5.73 Å². The Morgan fingerprint density at radius 1 is 1.29 bits per heavy atom. The second-order valence-electron chi connectivity index (χ2n) is 4.78. The van der Waals surface area contributed by atoms with Crippen LogP contribution in [-0.4, -0.2) is 15.0 Å². The Morgan fingerprint density at radius 3 is 2.65 bits per heavy atom. The van der Waals surface area contributed by atoms with Crippen LogP contribution in [0.1, 0.15) is 35.6 Å². The maximum absolute atomic E-state index is 5.87. The van der Waals surface area contributed by atoms with Gasteiger partial charge in [-0.2, -0.15) is 0 Å². The van der Waals surface area contributed by atoms with Crippen LogP contribution in [0.25, 0.3) is 0 Å². The first-order chi connectivity index (χ1) is 8.24. The van der Waals surface area contributed by atoms with Crippen molar-refractivity contribution in [2.45, 2.75) is 32.2 Å². The summed E-state index contributed by atoms with van der Waals surface area (Å²) in [6, 6.07) is 8.49. The summed E-state index contributed by atoms with van der Waals surface area (Å²) in [5.74, 6) is 1.18. The van der Waals surface area contributed by atoms with Crippen LogP contribution in [0.5, 0.6) is 0 Å². The zero-order valence-corrected chi connectivity index (χ0v) is 9.93. The van der Waals surface area contributed by atoms with E-state index in [2.05, 4.69) is 41.5 Å². The van der Waals surface area contributed by atoms with Crippen molar-refractivity contribution in [2.75, 3.05) is 5.73 Å². The summed E-state index contributed by atoms with van der Waals surface area (Å²) >= 11 is 0. The molecule has 0 amide bonds. The van der Waals surface area contributed by atoms with Gasteiger partial charge in [0, 0.05) is 5.92 Å². The molecule has 2 aromatic rings.